The second-order valence-electron chi connectivity index (χ2n) is 9.87. The van der Waals surface area contributed by atoms with Gasteiger partial charge in [0.1, 0.15) is 5.95 Å². The predicted octanol–water partition coefficient (Wildman–Crippen LogP) is 4.07. The quantitative estimate of drug-likeness (QED) is 0.378. The second kappa shape index (κ2) is 15.2. The van der Waals surface area contributed by atoms with E-state index in [1.165, 1.54) is 10.6 Å². The number of carbonyl (C=O) groups is 1. The number of amides is 1. The first-order valence-electron chi connectivity index (χ1n) is 13.6. The molecule has 0 radical (unpaired) electrons. The molecule has 212 valence electrons. The Bertz CT molecular complexity index is 1230. The summed E-state index contributed by atoms with van der Waals surface area (Å²) in [4.78, 5) is 26.3. The fourth-order valence-corrected chi connectivity index (χ4v) is 5.11. The molecule has 1 N–H and O–H groups in total. The van der Waals surface area contributed by atoms with E-state index in [0.717, 1.165) is 45.1 Å². The molecule has 3 fully saturated rings. The zero-order valence-corrected chi connectivity index (χ0v) is 26.6. The summed E-state index contributed by atoms with van der Waals surface area (Å²) in [6.45, 7) is 4.05. The van der Waals surface area contributed by atoms with Crippen LogP contribution in [0.2, 0.25) is 0 Å². The number of halogens is 2. The van der Waals surface area contributed by atoms with E-state index in [0.29, 0.717) is 55.6 Å². The summed E-state index contributed by atoms with van der Waals surface area (Å²) >= 11 is 0. The topological polar surface area (TPSA) is 94.4 Å². The molecule has 1 aliphatic carbocycles. The van der Waals surface area contributed by atoms with Gasteiger partial charge in [0, 0.05) is 38.0 Å². The van der Waals surface area contributed by atoms with Gasteiger partial charge >= 0.3 is 31.1 Å². The third-order valence-electron chi connectivity index (χ3n) is 7.21. The average molecular weight is 779 g/mol. The number of ether oxygens (including phenoxy) is 2. The summed E-state index contributed by atoms with van der Waals surface area (Å²) in [5, 5.41) is 3.02. The molecule has 2 saturated heterocycles. The van der Waals surface area contributed by atoms with Crippen LogP contribution in [0.25, 0.3) is 16.9 Å². The van der Waals surface area contributed by atoms with E-state index in [1.807, 2.05) is 4.90 Å². The molecule has 2 aromatic heterocycles. The van der Waals surface area contributed by atoms with Crippen LogP contribution in [-0.2, 0) is 14.3 Å². The Morgan fingerprint density at radius 3 is 2.62 bits per heavy atom. The number of alkyl halides is 2. The number of nitrogens with zero attached hydrogens (tertiary/aromatic N) is 5. The fraction of sp³-hybridized carbons (Fsp3) is 0.536. The zero-order valence-electron chi connectivity index (χ0n) is 22.4. The van der Waals surface area contributed by atoms with Crippen molar-refractivity contribution in [2.45, 2.75) is 51.1 Å². The van der Waals surface area contributed by atoms with Gasteiger partial charge in [0.2, 0.25) is 5.91 Å². The molecular weight excluding hydrogens is 744 g/mol. The van der Waals surface area contributed by atoms with Crippen molar-refractivity contribution in [2.75, 3.05) is 44.4 Å². The van der Waals surface area contributed by atoms with Crippen LogP contribution in [-0.4, -0.2) is 71.0 Å². The summed E-state index contributed by atoms with van der Waals surface area (Å²) in [7, 11) is 0. The van der Waals surface area contributed by atoms with E-state index in [9.17, 15) is 13.6 Å². The van der Waals surface area contributed by atoms with E-state index in [4.69, 9.17) is 9.47 Å². The molecule has 12 heteroatoms. The minimum Gasteiger partial charge on any atom is -0.389 e. The van der Waals surface area contributed by atoms with Gasteiger partial charge in [-0.2, -0.15) is 12.8 Å². The fourth-order valence-electron chi connectivity index (χ4n) is 5.11. The normalized spacial score (nSPS) is 19.7. The smallest absolute Gasteiger partial charge is 0.389 e. The molecule has 9 nitrogen and oxygen atoms in total. The number of fused-ring (bicyclic) bond motifs is 1. The van der Waals surface area contributed by atoms with E-state index in [-0.39, 0.29) is 54.9 Å². The molecule has 1 unspecified atom stereocenters. The second-order valence-corrected chi connectivity index (χ2v) is 9.87. The largest absolute Gasteiger partial charge is 2.00 e. The molecule has 6 rings (SSSR count). The Morgan fingerprint density at radius 1 is 1.12 bits per heavy atom. The standard InChI is InChI=1S/C16H14F2N5O.C12H20NO2.U/c17-14(18)15-20-11-3-1-2-4-12(11)23(15)13-5-6-19-16(21-13)22-7-9-24-10-8-22;14-12(10-5-2-1-3-6-10)13-9-11-7-4-8-15-11;/h1-5,14H,7-10H2;1,10-11H,2-9H2,(H,13,14);/q2*-1;+2. The Balaban J connectivity index is 0.000000200. The number of aromatic nitrogens is 4. The van der Waals surface area contributed by atoms with Crippen LogP contribution in [0.1, 0.15) is 50.8 Å². The molecule has 40 heavy (non-hydrogen) atoms. The van der Waals surface area contributed by atoms with Crippen LogP contribution in [0.5, 0.6) is 0 Å². The van der Waals surface area contributed by atoms with Gasteiger partial charge in [0.25, 0.3) is 6.43 Å². The van der Waals surface area contributed by atoms with E-state index in [2.05, 4.69) is 32.9 Å². The molecule has 0 spiro atoms. The number of carbonyl (C=O) groups excluding carboxylic acids is 1. The van der Waals surface area contributed by atoms with Crippen molar-refractivity contribution >= 4 is 22.9 Å². The molecular formula is C28H34F2N6O3U. The summed E-state index contributed by atoms with van der Waals surface area (Å²) in [5.41, 5.74) is 1.08. The SMILES string of the molecule is FC(F)c1nc2ccccc2n1-c1c[c-]nc(N2CCOCC2)n1.O=C(NCC1CCCO1)C1CC[CH-]CC1.[U+2]. The summed E-state index contributed by atoms with van der Waals surface area (Å²) < 4.78 is 39.0. The molecule has 1 amide bonds. The zero-order chi connectivity index (χ0) is 27.0. The number of hydrogen-bond acceptors (Lipinski definition) is 7. The third kappa shape index (κ3) is 7.78. The Morgan fingerprint density at radius 2 is 1.90 bits per heavy atom. The minimum atomic E-state index is -2.71. The van der Waals surface area contributed by atoms with Crippen molar-refractivity contribution < 1.29 is 54.2 Å². The van der Waals surface area contributed by atoms with Crippen LogP contribution < -0.4 is 10.2 Å². The van der Waals surface area contributed by atoms with Crippen LogP contribution in [0, 0.1) is 49.6 Å². The van der Waals surface area contributed by atoms with Gasteiger partial charge in [0.15, 0.2) is 5.82 Å². The first-order valence-corrected chi connectivity index (χ1v) is 13.6. The maximum atomic E-state index is 13.4. The summed E-state index contributed by atoms with van der Waals surface area (Å²) in [6.07, 6.45) is 9.07. The molecule has 4 heterocycles. The summed E-state index contributed by atoms with van der Waals surface area (Å²) in [5.74, 6) is 0.926. The molecule has 3 aromatic rings. The van der Waals surface area contributed by atoms with Crippen molar-refractivity contribution in [3.63, 3.8) is 0 Å². The van der Waals surface area contributed by atoms with Crippen molar-refractivity contribution in [3.05, 3.63) is 48.8 Å². The first kappa shape index (κ1) is 30.8. The molecule has 1 saturated carbocycles. The van der Waals surface area contributed by atoms with Crippen molar-refractivity contribution in [1.29, 1.82) is 0 Å². The molecule has 1 aromatic carbocycles. The number of imidazole rings is 1. The van der Waals surface area contributed by atoms with E-state index in [1.54, 1.807) is 24.3 Å². The molecule has 3 aliphatic rings. The Kier molecular flexibility index (Phi) is 11.7. The van der Waals surface area contributed by atoms with Crippen LogP contribution in [0.4, 0.5) is 14.7 Å². The number of nitrogens with one attached hydrogen (secondary N) is 1. The Hall–Kier alpha value is -2.13. The van der Waals surface area contributed by atoms with Gasteiger partial charge in [-0.05, 0) is 25.0 Å². The van der Waals surface area contributed by atoms with Crippen LogP contribution >= 0.6 is 0 Å². The number of hydrogen-bond donors (Lipinski definition) is 1. The number of rotatable bonds is 6. The van der Waals surface area contributed by atoms with Crippen LogP contribution in [0.3, 0.4) is 0 Å². The van der Waals surface area contributed by atoms with Crippen molar-refractivity contribution in [2.24, 2.45) is 5.92 Å². The number of anilines is 1. The average Bonchev–Trinajstić information content (AvgIpc) is 3.66. The van der Waals surface area contributed by atoms with Gasteiger partial charge in [-0.25, -0.2) is 13.8 Å². The third-order valence-corrected chi connectivity index (χ3v) is 7.21. The molecule has 0 bridgehead atoms. The predicted molar refractivity (Wildman–Crippen MR) is 142 cm³/mol. The number of morpholine rings is 1. The van der Waals surface area contributed by atoms with Gasteiger partial charge in [0.05, 0.1) is 30.4 Å². The van der Waals surface area contributed by atoms with E-state index < -0.39 is 6.43 Å². The van der Waals surface area contributed by atoms with Gasteiger partial charge in [-0.3, -0.25) is 4.79 Å². The van der Waals surface area contributed by atoms with Gasteiger partial charge < -0.3 is 40.6 Å². The molecule has 1 atom stereocenters. The van der Waals surface area contributed by atoms with Crippen molar-refractivity contribution in [1.82, 2.24) is 24.8 Å². The van der Waals surface area contributed by atoms with Gasteiger partial charge in [-0.15, -0.1) is 6.07 Å². The maximum absolute atomic E-state index is 13.4. The minimum absolute atomic E-state index is 0. The monoisotopic (exact) mass is 778 g/mol. The van der Waals surface area contributed by atoms with E-state index >= 15 is 0 Å². The van der Waals surface area contributed by atoms with Crippen molar-refractivity contribution in [3.8, 4) is 5.82 Å². The number of benzene rings is 1. The first-order chi connectivity index (χ1) is 19.1. The Labute approximate surface area is 256 Å². The number of para-hydroxylation sites is 2. The molecule has 2 aliphatic heterocycles. The van der Waals surface area contributed by atoms with Gasteiger partial charge in [-0.1, -0.05) is 31.2 Å². The summed E-state index contributed by atoms with van der Waals surface area (Å²) in [6, 6.07) is 8.48. The maximum Gasteiger partial charge on any atom is 2.00 e. The van der Waals surface area contributed by atoms with Crippen LogP contribution in [0.15, 0.2) is 30.3 Å².